The molecule has 0 amide bonds. The number of fused-ring (bicyclic) bond motifs is 2. The highest BCUT2D eigenvalue weighted by Gasteiger charge is 2.41. The van der Waals surface area contributed by atoms with Crippen molar-refractivity contribution in [2.75, 3.05) is 7.11 Å². The summed E-state index contributed by atoms with van der Waals surface area (Å²) in [4.78, 5) is 25.0. The number of benzene rings is 2. The molecule has 5 aromatic rings. The van der Waals surface area contributed by atoms with Gasteiger partial charge in [-0.3, -0.25) is 9.38 Å². The Bertz CT molecular complexity index is 1600. The monoisotopic (exact) mass is 436 g/mol. The number of nitrogens with zero attached hydrogens (tertiary/aromatic N) is 4. The highest BCUT2D eigenvalue weighted by molar-refractivity contribution is 5.90. The third-order valence-electron chi connectivity index (χ3n) is 6.07. The molecule has 0 N–H and O–H groups in total. The molecule has 1 aliphatic rings. The second-order valence-corrected chi connectivity index (χ2v) is 7.96. The minimum Gasteiger partial charge on any atom is -0.465 e. The molecular weight excluding hydrogens is 419 g/mol. The van der Waals surface area contributed by atoms with Gasteiger partial charge in [-0.15, -0.1) is 0 Å². The SMILES string of the molecule is COC(=O)c1ccc(-c2cnc3ncc(C4(c5ccc6ncccc6c5)C=C4)n3c2)c(F)c1. The smallest absolute Gasteiger partial charge is 0.337 e. The molecule has 2 aromatic carbocycles. The second-order valence-electron chi connectivity index (χ2n) is 7.96. The number of ether oxygens (including phenoxy) is 1. The number of carbonyl (C=O) groups is 1. The van der Waals surface area contributed by atoms with Crippen LogP contribution in [0.3, 0.4) is 0 Å². The summed E-state index contributed by atoms with van der Waals surface area (Å²) < 4.78 is 21.4. The lowest BCUT2D eigenvalue weighted by Crippen LogP contribution is -2.14. The third-order valence-corrected chi connectivity index (χ3v) is 6.07. The predicted molar refractivity (Wildman–Crippen MR) is 121 cm³/mol. The summed E-state index contributed by atoms with van der Waals surface area (Å²) in [7, 11) is 1.26. The van der Waals surface area contributed by atoms with Crippen LogP contribution in [0, 0.1) is 5.82 Å². The van der Waals surface area contributed by atoms with E-state index in [0.717, 1.165) is 22.2 Å². The van der Waals surface area contributed by atoms with Gasteiger partial charge in [0.15, 0.2) is 0 Å². The zero-order valence-electron chi connectivity index (χ0n) is 17.6. The van der Waals surface area contributed by atoms with Crippen LogP contribution in [0.1, 0.15) is 21.6 Å². The lowest BCUT2D eigenvalue weighted by molar-refractivity contribution is 0.0600. The summed E-state index contributed by atoms with van der Waals surface area (Å²) in [6.45, 7) is 0. The summed E-state index contributed by atoms with van der Waals surface area (Å²) in [5.41, 5.74) is 3.62. The van der Waals surface area contributed by atoms with Crippen molar-refractivity contribution in [2.45, 2.75) is 5.41 Å². The molecule has 0 bridgehead atoms. The first kappa shape index (κ1) is 19.3. The van der Waals surface area contributed by atoms with E-state index in [0.29, 0.717) is 16.9 Å². The number of allylic oxidation sites excluding steroid dienone is 2. The summed E-state index contributed by atoms with van der Waals surface area (Å²) in [6, 6.07) is 14.4. The number of carbonyl (C=O) groups excluding carboxylic acids is 1. The zero-order chi connectivity index (χ0) is 22.6. The quantitative estimate of drug-likeness (QED) is 0.301. The van der Waals surface area contributed by atoms with E-state index >= 15 is 0 Å². The van der Waals surface area contributed by atoms with E-state index in [9.17, 15) is 9.18 Å². The number of imidazole rings is 1. The van der Waals surface area contributed by atoms with Gasteiger partial charge in [-0.1, -0.05) is 30.4 Å². The Hall–Kier alpha value is -4.39. The maximum Gasteiger partial charge on any atom is 0.337 e. The second kappa shape index (κ2) is 7.06. The van der Waals surface area contributed by atoms with Gasteiger partial charge >= 0.3 is 5.97 Å². The van der Waals surface area contributed by atoms with Crippen LogP contribution < -0.4 is 0 Å². The fourth-order valence-electron chi connectivity index (χ4n) is 4.24. The molecule has 0 fully saturated rings. The third kappa shape index (κ3) is 3.01. The Morgan fingerprint density at radius 1 is 1.03 bits per heavy atom. The summed E-state index contributed by atoms with van der Waals surface area (Å²) in [5.74, 6) is -0.587. The van der Waals surface area contributed by atoms with E-state index in [2.05, 4.69) is 44.0 Å². The Kier molecular flexibility index (Phi) is 4.13. The van der Waals surface area contributed by atoms with Crippen LogP contribution in [-0.2, 0) is 10.2 Å². The van der Waals surface area contributed by atoms with Gasteiger partial charge in [0.25, 0.3) is 0 Å². The van der Waals surface area contributed by atoms with Gasteiger partial charge in [-0.05, 0) is 35.9 Å². The Balaban J connectivity index is 1.45. The Morgan fingerprint density at radius 3 is 2.67 bits per heavy atom. The van der Waals surface area contributed by atoms with Crippen LogP contribution in [0.5, 0.6) is 0 Å². The molecule has 3 heterocycles. The van der Waals surface area contributed by atoms with Crippen molar-refractivity contribution in [3.8, 4) is 11.1 Å². The van der Waals surface area contributed by atoms with Crippen molar-refractivity contribution in [1.82, 2.24) is 19.4 Å². The number of aromatic nitrogens is 4. The molecule has 3 aromatic heterocycles. The standard InChI is InChI=1S/C26H17FN4O2/c1-33-24(32)17-4-6-20(21(27)12-17)18-13-29-25-30-14-23(31(25)15-18)26(8-9-26)19-5-7-22-16(11-19)3-2-10-28-22/h2-15H,1H3. The van der Waals surface area contributed by atoms with E-state index in [1.807, 2.05) is 28.8 Å². The van der Waals surface area contributed by atoms with Gasteiger partial charge in [0, 0.05) is 35.1 Å². The van der Waals surface area contributed by atoms with Crippen molar-refractivity contribution in [3.63, 3.8) is 0 Å². The van der Waals surface area contributed by atoms with Gasteiger partial charge in [0.05, 0.1) is 35.5 Å². The van der Waals surface area contributed by atoms with Gasteiger partial charge in [-0.25, -0.2) is 19.2 Å². The minimum atomic E-state index is -0.585. The number of esters is 1. The molecular formula is C26H17FN4O2. The first-order chi connectivity index (χ1) is 16.1. The van der Waals surface area contributed by atoms with Crippen molar-refractivity contribution in [1.29, 1.82) is 0 Å². The summed E-state index contributed by atoms with van der Waals surface area (Å²) in [6.07, 6.45) is 11.2. The predicted octanol–water partition coefficient (Wildman–Crippen LogP) is 4.73. The number of rotatable bonds is 4. The molecule has 6 nitrogen and oxygen atoms in total. The van der Waals surface area contributed by atoms with Crippen LogP contribution >= 0.6 is 0 Å². The molecule has 160 valence electrons. The van der Waals surface area contributed by atoms with Crippen LogP contribution in [0.2, 0.25) is 0 Å². The average molecular weight is 436 g/mol. The van der Waals surface area contributed by atoms with Crippen LogP contribution in [-0.4, -0.2) is 32.4 Å². The van der Waals surface area contributed by atoms with Crippen molar-refractivity contribution < 1.29 is 13.9 Å². The molecule has 7 heteroatoms. The first-order valence-electron chi connectivity index (χ1n) is 10.4. The molecule has 0 spiro atoms. The van der Waals surface area contributed by atoms with E-state index < -0.39 is 17.2 Å². The molecule has 0 saturated heterocycles. The van der Waals surface area contributed by atoms with E-state index in [-0.39, 0.29) is 5.56 Å². The molecule has 6 rings (SSSR count). The fraction of sp³-hybridized carbons (Fsp3) is 0.0769. The van der Waals surface area contributed by atoms with Crippen LogP contribution in [0.15, 0.2) is 85.5 Å². The molecule has 0 radical (unpaired) electrons. The maximum atomic E-state index is 14.8. The average Bonchev–Trinajstić information content (AvgIpc) is 3.55. The van der Waals surface area contributed by atoms with E-state index in [1.54, 1.807) is 24.7 Å². The Labute approximate surface area is 188 Å². The largest absolute Gasteiger partial charge is 0.465 e. The fourth-order valence-corrected chi connectivity index (χ4v) is 4.24. The molecule has 0 aliphatic heterocycles. The van der Waals surface area contributed by atoms with Crippen LogP contribution in [0.25, 0.3) is 27.8 Å². The van der Waals surface area contributed by atoms with Gasteiger partial charge < -0.3 is 4.74 Å². The van der Waals surface area contributed by atoms with Gasteiger partial charge in [0.1, 0.15) is 5.82 Å². The highest BCUT2D eigenvalue weighted by atomic mass is 19.1. The number of hydrogen-bond acceptors (Lipinski definition) is 5. The lowest BCUT2D eigenvalue weighted by atomic mass is 9.89. The molecule has 0 unspecified atom stereocenters. The van der Waals surface area contributed by atoms with Crippen molar-refractivity contribution in [3.05, 3.63) is 108 Å². The highest BCUT2D eigenvalue weighted by Crippen LogP contribution is 2.45. The summed E-state index contributed by atoms with van der Waals surface area (Å²) >= 11 is 0. The van der Waals surface area contributed by atoms with Gasteiger partial charge in [0.2, 0.25) is 5.78 Å². The minimum absolute atomic E-state index is 0.156. The van der Waals surface area contributed by atoms with E-state index in [1.165, 1.54) is 19.2 Å². The number of pyridine rings is 1. The first-order valence-corrected chi connectivity index (χ1v) is 10.4. The van der Waals surface area contributed by atoms with Crippen LogP contribution in [0.4, 0.5) is 4.39 Å². The van der Waals surface area contributed by atoms with Gasteiger partial charge in [-0.2, -0.15) is 0 Å². The molecule has 0 atom stereocenters. The lowest BCUT2D eigenvalue weighted by Gasteiger charge is -2.17. The normalized spacial score (nSPS) is 14.0. The zero-order valence-corrected chi connectivity index (χ0v) is 17.6. The molecule has 33 heavy (non-hydrogen) atoms. The number of methoxy groups -OCH3 is 1. The number of hydrogen-bond donors (Lipinski definition) is 0. The Morgan fingerprint density at radius 2 is 1.88 bits per heavy atom. The van der Waals surface area contributed by atoms with E-state index in [4.69, 9.17) is 0 Å². The van der Waals surface area contributed by atoms with Crippen molar-refractivity contribution >= 4 is 22.6 Å². The molecule has 0 saturated carbocycles. The number of halogens is 1. The van der Waals surface area contributed by atoms with Crippen molar-refractivity contribution in [2.24, 2.45) is 0 Å². The topological polar surface area (TPSA) is 69.4 Å². The summed E-state index contributed by atoms with van der Waals surface area (Å²) in [5, 5.41) is 1.06. The maximum absolute atomic E-state index is 14.8. The molecule has 1 aliphatic carbocycles.